The lowest BCUT2D eigenvalue weighted by atomic mass is 10.1. The fraction of sp³-hybridized carbons (Fsp3) is 0.167. The number of halogens is 1. The van der Waals surface area contributed by atoms with Crippen LogP contribution >= 0.6 is 15.9 Å². The molecule has 1 aliphatic rings. The van der Waals surface area contributed by atoms with Gasteiger partial charge in [0.2, 0.25) is 0 Å². The zero-order valence-electron chi connectivity index (χ0n) is 16.3. The Bertz CT molecular complexity index is 1070. The minimum atomic E-state index is -0.221. The van der Waals surface area contributed by atoms with Gasteiger partial charge < -0.3 is 15.0 Å². The van der Waals surface area contributed by atoms with Gasteiger partial charge in [0.1, 0.15) is 5.75 Å². The summed E-state index contributed by atoms with van der Waals surface area (Å²) in [6.45, 7) is 0.618. The largest absolute Gasteiger partial charge is 0.482 e. The summed E-state index contributed by atoms with van der Waals surface area (Å²) in [4.78, 5) is 26.9. The number of fused-ring (bicyclic) bond motifs is 1. The molecule has 6 heteroatoms. The maximum Gasteiger partial charge on any atom is 0.265 e. The first-order valence-electron chi connectivity index (χ1n) is 9.79. The Labute approximate surface area is 183 Å². The van der Waals surface area contributed by atoms with Gasteiger partial charge in [-0.05, 0) is 64.7 Å². The summed E-state index contributed by atoms with van der Waals surface area (Å²) in [5, 5.41) is 2.90. The third-order valence-electron chi connectivity index (χ3n) is 4.97. The Morgan fingerprint density at radius 3 is 2.60 bits per heavy atom. The molecule has 30 heavy (non-hydrogen) atoms. The molecule has 5 nitrogen and oxygen atoms in total. The quantitative estimate of drug-likeness (QED) is 0.554. The Kier molecular flexibility index (Phi) is 6.14. The molecule has 1 aliphatic heterocycles. The second-order valence-corrected chi connectivity index (χ2v) is 7.89. The molecule has 3 aromatic rings. The summed E-state index contributed by atoms with van der Waals surface area (Å²) >= 11 is 3.40. The zero-order chi connectivity index (χ0) is 20.9. The van der Waals surface area contributed by atoms with Crippen LogP contribution in [0.2, 0.25) is 0 Å². The highest BCUT2D eigenvalue weighted by Crippen LogP contribution is 2.35. The number of rotatable bonds is 6. The van der Waals surface area contributed by atoms with E-state index in [1.165, 1.54) is 5.56 Å². The van der Waals surface area contributed by atoms with Crippen molar-refractivity contribution in [1.82, 2.24) is 0 Å². The highest BCUT2D eigenvalue weighted by molar-refractivity contribution is 9.10. The number of ether oxygens (including phenoxy) is 1. The first-order chi connectivity index (χ1) is 14.6. The fourth-order valence-electron chi connectivity index (χ4n) is 3.45. The normalized spacial score (nSPS) is 12.8. The van der Waals surface area contributed by atoms with Crippen molar-refractivity contribution in [2.24, 2.45) is 0 Å². The molecule has 3 aromatic carbocycles. The van der Waals surface area contributed by atoms with Crippen molar-refractivity contribution in [2.45, 2.75) is 12.8 Å². The summed E-state index contributed by atoms with van der Waals surface area (Å²) in [5.41, 5.74) is 3.08. The van der Waals surface area contributed by atoms with Crippen LogP contribution in [0.5, 0.6) is 5.75 Å². The van der Waals surface area contributed by atoms with Crippen molar-refractivity contribution in [1.29, 1.82) is 0 Å². The number of hydrogen-bond donors (Lipinski definition) is 1. The average molecular weight is 465 g/mol. The molecule has 1 heterocycles. The monoisotopic (exact) mass is 464 g/mol. The van der Waals surface area contributed by atoms with Crippen LogP contribution < -0.4 is 15.0 Å². The number of nitrogens with one attached hydrogen (secondary N) is 1. The number of anilines is 2. The third kappa shape index (κ3) is 4.54. The Morgan fingerprint density at radius 2 is 1.80 bits per heavy atom. The first kappa shape index (κ1) is 20.2. The summed E-state index contributed by atoms with van der Waals surface area (Å²) in [5.74, 6) is 0.346. The number of amides is 2. The minimum absolute atomic E-state index is 0.0288. The van der Waals surface area contributed by atoms with Crippen molar-refractivity contribution in [3.05, 3.63) is 88.4 Å². The van der Waals surface area contributed by atoms with Gasteiger partial charge in [0.15, 0.2) is 6.61 Å². The zero-order valence-corrected chi connectivity index (χ0v) is 17.9. The Hall–Kier alpha value is -3.12. The number of aryl methyl sites for hydroxylation is 1. The van der Waals surface area contributed by atoms with Crippen LogP contribution in [0.15, 0.2) is 77.3 Å². The summed E-state index contributed by atoms with van der Waals surface area (Å²) in [6, 6.07) is 22.8. The van der Waals surface area contributed by atoms with E-state index in [1.54, 1.807) is 29.2 Å². The van der Waals surface area contributed by atoms with Crippen molar-refractivity contribution < 1.29 is 14.3 Å². The van der Waals surface area contributed by atoms with Gasteiger partial charge in [-0.2, -0.15) is 0 Å². The minimum Gasteiger partial charge on any atom is -0.482 e. The van der Waals surface area contributed by atoms with E-state index in [0.717, 1.165) is 17.3 Å². The van der Waals surface area contributed by atoms with E-state index in [2.05, 4.69) is 33.4 Å². The maximum atomic E-state index is 12.6. The molecule has 0 bridgehead atoms. The summed E-state index contributed by atoms with van der Waals surface area (Å²) in [7, 11) is 0. The lowest BCUT2D eigenvalue weighted by molar-refractivity contribution is -0.121. The van der Waals surface area contributed by atoms with Crippen molar-refractivity contribution in [2.75, 3.05) is 23.4 Å². The lowest BCUT2D eigenvalue weighted by Gasteiger charge is -2.30. The fourth-order valence-corrected chi connectivity index (χ4v) is 3.92. The number of carbonyl (C=O) groups is 2. The SMILES string of the molecule is O=C(Nc1ccc2c(c1)N(CCCc1ccccc1)C(=O)CO2)c1ccccc1Br. The predicted molar refractivity (Wildman–Crippen MR) is 121 cm³/mol. The molecule has 0 atom stereocenters. The topological polar surface area (TPSA) is 58.6 Å². The van der Waals surface area contributed by atoms with Crippen LogP contribution in [0.4, 0.5) is 11.4 Å². The molecular formula is C24H21BrN2O3. The molecule has 0 aromatic heterocycles. The number of benzene rings is 3. The van der Waals surface area contributed by atoms with Crippen LogP contribution in [-0.4, -0.2) is 25.0 Å². The van der Waals surface area contributed by atoms with Gasteiger partial charge in [-0.3, -0.25) is 9.59 Å². The molecule has 0 unspecified atom stereocenters. The average Bonchev–Trinajstić information content (AvgIpc) is 2.76. The molecule has 152 valence electrons. The molecule has 2 amide bonds. The number of nitrogens with zero attached hydrogens (tertiary/aromatic N) is 1. The molecule has 0 saturated heterocycles. The molecule has 0 saturated carbocycles. The molecular weight excluding hydrogens is 444 g/mol. The van der Waals surface area contributed by atoms with E-state index in [-0.39, 0.29) is 18.4 Å². The van der Waals surface area contributed by atoms with E-state index < -0.39 is 0 Å². The standard InChI is InChI=1S/C24H21BrN2O3/c25-20-11-5-4-10-19(20)24(29)26-18-12-13-22-21(15-18)27(23(28)16-30-22)14-6-9-17-7-2-1-3-8-17/h1-5,7-8,10-13,15H,6,9,14,16H2,(H,26,29). The molecule has 0 fully saturated rings. The van der Waals surface area contributed by atoms with Crippen LogP contribution in [0, 0.1) is 0 Å². The Balaban J connectivity index is 1.50. The lowest BCUT2D eigenvalue weighted by Crippen LogP contribution is -2.39. The van der Waals surface area contributed by atoms with Gasteiger partial charge in [0.25, 0.3) is 11.8 Å². The molecule has 4 rings (SSSR count). The predicted octanol–water partition coefficient (Wildman–Crippen LogP) is 5.06. The highest BCUT2D eigenvalue weighted by atomic mass is 79.9. The van der Waals surface area contributed by atoms with Gasteiger partial charge in [-0.25, -0.2) is 0 Å². The molecule has 1 N–H and O–H groups in total. The van der Waals surface area contributed by atoms with Crippen LogP contribution in [0.3, 0.4) is 0 Å². The summed E-state index contributed by atoms with van der Waals surface area (Å²) < 4.78 is 6.31. The van der Waals surface area contributed by atoms with E-state index >= 15 is 0 Å². The summed E-state index contributed by atoms with van der Waals surface area (Å²) in [6.07, 6.45) is 1.72. The van der Waals surface area contributed by atoms with E-state index in [9.17, 15) is 9.59 Å². The maximum absolute atomic E-state index is 12.6. The number of hydrogen-bond acceptors (Lipinski definition) is 3. The van der Waals surface area contributed by atoms with Crippen LogP contribution in [0.1, 0.15) is 22.3 Å². The molecule has 0 radical (unpaired) electrons. The van der Waals surface area contributed by atoms with Gasteiger partial charge in [0.05, 0.1) is 11.3 Å². The second-order valence-electron chi connectivity index (χ2n) is 7.04. The van der Waals surface area contributed by atoms with Crippen molar-refractivity contribution in [3.8, 4) is 5.75 Å². The number of carbonyl (C=O) groups excluding carboxylic acids is 2. The smallest absolute Gasteiger partial charge is 0.265 e. The van der Waals surface area contributed by atoms with Crippen molar-refractivity contribution in [3.63, 3.8) is 0 Å². The van der Waals surface area contributed by atoms with Crippen LogP contribution in [0.25, 0.3) is 0 Å². The van der Waals surface area contributed by atoms with E-state index in [4.69, 9.17) is 4.74 Å². The highest BCUT2D eigenvalue weighted by Gasteiger charge is 2.25. The van der Waals surface area contributed by atoms with Crippen LogP contribution in [-0.2, 0) is 11.2 Å². The van der Waals surface area contributed by atoms with Gasteiger partial charge in [0, 0.05) is 16.7 Å². The third-order valence-corrected chi connectivity index (χ3v) is 5.66. The van der Waals surface area contributed by atoms with E-state index in [0.29, 0.717) is 29.2 Å². The first-order valence-corrected chi connectivity index (χ1v) is 10.6. The Morgan fingerprint density at radius 1 is 1.03 bits per heavy atom. The molecule has 0 aliphatic carbocycles. The van der Waals surface area contributed by atoms with Gasteiger partial charge in [-0.15, -0.1) is 0 Å². The van der Waals surface area contributed by atoms with Crippen molar-refractivity contribution >= 4 is 39.1 Å². The molecule has 0 spiro atoms. The second kappa shape index (κ2) is 9.13. The van der Waals surface area contributed by atoms with Gasteiger partial charge in [-0.1, -0.05) is 42.5 Å². The van der Waals surface area contributed by atoms with Gasteiger partial charge >= 0.3 is 0 Å². The van der Waals surface area contributed by atoms with E-state index in [1.807, 2.05) is 36.4 Å².